The number of aryl methyl sites for hydroxylation is 5. The predicted octanol–water partition coefficient (Wildman–Crippen LogP) is 20.9. The molecule has 0 saturated heterocycles. The standard InChI is InChI=1S/C18H23O2.C18H20O.C18H21O.C17H18O2.C13H15O.C11H12O.3Y/c1-5-14(19)9-10-18(6-2)11-16-13(4)12(3)7-8-15(16)17(18)20;1-10-4-5-14-15(11(10)2)9-18-7-6-13(8-18)17(19)12(3)16(14)18;1-5-18-9-8-16(19)13(4)17(18)14-7-6-11(2)12(3)15(14)10-18;1-9-13-8-17-6-5-11(7-17)16(19)10(2)15(17)12(13)3-4-14(9)18;1-4-10-7-12-9(3)8(2)5-6-11(12)13(10)14;1-7-3-4-10-9(8(7)2)5-6-11(10)12;;;/h7-8H,2,5-6,9-11H2,1,3-4H3;4-5,13H,6-9H2,1-3H3;6-7H,1,5,8-10H2,2-4H3;3-4,11,18H,5-8H2,1-2H3;5-6,10H,1,4,7H2,2-3H3;3-4H,5-6H2,1-2H3;;;/q-1;;-1;;-1;;;;. The number of benzene rings is 6. The topological polar surface area (TPSA) is 140 Å². The van der Waals surface area contributed by atoms with Crippen LogP contribution in [0.2, 0.25) is 0 Å². The smallest absolute Gasteiger partial charge is 0.167 e. The van der Waals surface area contributed by atoms with Gasteiger partial charge in [-0.25, -0.2) is 0 Å². The van der Waals surface area contributed by atoms with Crippen LogP contribution in [0.1, 0.15) is 266 Å². The first-order valence-corrected chi connectivity index (χ1v) is 38.4. The van der Waals surface area contributed by atoms with Gasteiger partial charge < -0.3 is 25.9 Å². The average molecular weight is 1650 g/mol. The molecule has 8 nitrogen and oxygen atoms in total. The van der Waals surface area contributed by atoms with Crippen molar-refractivity contribution in [3.8, 4) is 5.75 Å². The molecule has 17 rings (SSSR count). The molecule has 11 aliphatic carbocycles. The van der Waals surface area contributed by atoms with Crippen molar-refractivity contribution in [3.05, 3.63) is 238 Å². The summed E-state index contributed by atoms with van der Waals surface area (Å²) in [4.78, 5) is 84.4. The summed E-state index contributed by atoms with van der Waals surface area (Å²) in [5.41, 5.74) is 36.0. The van der Waals surface area contributed by atoms with Crippen LogP contribution in [-0.4, -0.2) is 45.6 Å². The zero-order valence-corrected chi connectivity index (χ0v) is 74.7. The number of carbonyl (C=O) groups is 7. The van der Waals surface area contributed by atoms with E-state index < -0.39 is 5.41 Å². The first kappa shape index (κ1) is 85.3. The Hall–Kier alpha value is -4.66. The van der Waals surface area contributed by atoms with Crippen molar-refractivity contribution in [1.29, 1.82) is 0 Å². The predicted molar refractivity (Wildman–Crippen MR) is 417 cm³/mol. The van der Waals surface area contributed by atoms with Crippen molar-refractivity contribution < 1.29 is 137 Å². The molecule has 0 aliphatic heterocycles. The molecule has 11 heteroatoms. The van der Waals surface area contributed by atoms with E-state index in [1.807, 2.05) is 70.2 Å². The van der Waals surface area contributed by atoms with Crippen LogP contribution >= 0.6 is 0 Å². The van der Waals surface area contributed by atoms with Gasteiger partial charge in [0.05, 0.1) is 0 Å². The van der Waals surface area contributed by atoms with E-state index in [2.05, 4.69) is 121 Å². The fourth-order valence-corrected chi connectivity index (χ4v) is 20.5. The number of phenolic OH excluding ortho intramolecular Hbond substituents is 1. The van der Waals surface area contributed by atoms with Gasteiger partial charge in [-0.05, 0) is 349 Å². The van der Waals surface area contributed by atoms with Gasteiger partial charge in [-0.1, -0.05) is 73.7 Å². The minimum absolute atomic E-state index is 0. The van der Waals surface area contributed by atoms with E-state index in [4.69, 9.17) is 0 Å². The molecular formula is C95H109O8Y3-3. The van der Waals surface area contributed by atoms with E-state index in [0.29, 0.717) is 85.2 Å². The van der Waals surface area contributed by atoms with Crippen LogP contribution < -0.4 is 0 Å². The molecule has 2 saturated carbocycles. The number of ketones is 7. The second-order valence-corrected chi connectivity index (χ2v) is 33.0. The second kappa shape index (κ2) is 33.3. The Balaban J connectivity index is 0.000000147. The number of phenols is 1. The van der Waals surface area contributed by atoms with Crippen molar-refractivity contribution in [1.82, 2.24) is 0 Å². The molecule has 7 unspecified atom stereocenters. The van der Waals surface area contributed by atoms with Crippen molar-refractivity contribution in [3.63, 3.8) is 0 Å². The van der Waals surface area contributed by atoms with E-state index in [0.717, 1.165) is 116 Å². The number of carbonyl (C=O) groups excluding carboxylic acids is 7. The molecule has 7 atom stereocenters. The Morgan fingerprint density at radius 1 is 0.434 bits per heavy atom. The Morgan fingerprint density at radius 2 is 0.868 bits per heavy atom. The fourth-order valence-electron chi connectivity index (χ4n) is 20.5. The maximum absolute atomic E-state index is 12.8. The summed E-state index contributed by atoms with van der Waals surface area (Å²) >= 11 is 0. The van der Waals surface area contributed by atoms with E-state index >= 15 is 0 Å². The molecule has 6 aromatic rings. The molecular weight excluding hydrogens is 1540 g/mol. The second-order valence-electron chi connectivity index (χ2n) is 33.0. The van der Waals surface area contributed by atoms with Crippen LogP contribution in [0.3, 0.4) is 0 Å². The van der Waals surface area contributed by atoms with Crippen LogP contribution in [0.15, 0.2) is 89.5 Å². The zero-order valence-electron chi connectivity index (χ0n) is 66.2. The van der Waals surface area contributed by atoms with Gasteiger partial charge >= 0.3 is 0 Å². The molecule has 0 heterocycles. The number of hydrogen-bond acceptors (Lipinski definition) is 8. The summed E-state index contributed by atoms with van der Waals surface area (Å²) in [6, 6.07) is 24.6. The quantitative estimate of drug-likeness (QED) is 0.156. The van der Waals surface area contributed by atoms with Crippen molar-refractivity contribution in [2.24, 2.45) is 39.4 Å². The fraction of sp³-hybridized carbons (Fsp3) is 0.453. The molecule has 3 radical (unpaired) electrons. The number of fused-ring (bicyclic) bond motifs is 12. The number of allylic oxidation sites excluding steroid dienone is 6. The minimum atomic E-state index is -0.453. The van der Waals surface area contributed by atoms with Gasteiger partial charge in [0.1, 0.15) is 11.5 Å². The van der Waals surface area contributed by atoms with Crippen molar-refractivity contribution >= 4 is 57.2 Å². The monoisotopic (exact) mass is 1640 g/mol. The molecule has 0 amide bonds. The summed E-state index contributed by atoms with van der Waals surface area (Å²) in [5, 5.41) is 9.92. The van der Waals surface area contributed by atoms with Crippen LogP contribution in [0, 0.1) is 136 Å². The van der Waals surface area contributed by atoms with Gasteiger partial charge in [0.15, 0.2) is 34.7 Å². The maximum atomic E-state index is 12.8. The molecule has 1 N–H and O–H groups in total. The summed E-state index contributed by atoms with van der Waals surface area (Å²) in [7, 11) is 0. The third kappa shape index (κ3) is 14.9. The number of Topliss-reactive ketones (excluding diaryl/α,β-unsaturated/α-hetero) is 7. The van der Waals surface area contributed by atoms with E-state index in [9.17, 15) is 38.7 Å². The molecule has 0 aromatic heterocycles. The van der Waals surface area contributed by atoms with Crippen molar-refractivity contribution in [2.75, 3.05) is 0 Å². The largest absolute Gasteiger partial charge is 0.508 e. The molecule has 11 aliphatic rings. The van der Waals surface area contributed by atoms with Crippen LogP contribution in [-0.2, 0) is 156 Å². The maximum Gasteiger partial charge on any atom is 0.167 e. The molecule has 106 heavy (non-hydrogen) atoms. The molecule has 2 fully saturated rings. The van der Waals surface area contributed by atoms with E-state index in [1.165, 1.54) is 135 Å². The first-order valence-electron chi connectivity index (χ1n) is 38.4. The summed E-state index contributed by atoms with van der Waals surface area (Å²) < 4.78 is 0. The molecule has 549 valence electrons. The summed E-state index contributed by atoms with van der Waals surface area (Å²) in [6.07, 6.45) is 18.7. The van der Waals surface area contributed by atoms with Gasteiger partial charge in [-0.15, -0.1) is 0 Å². The Morgan fingerprint density at radius 3 is 1.36 bits per heavy atom. The number of aromatic hydroxyl groups is 1. The summed E-state index contributed by atoms with van der Waals surface area (Å²) in [6.45, 7) is 43.3. The molecule has 6 aromatic carbocycles. The van der Waals surface area contributed by atoms with E-state index in [1.54, 1.807) is 6.07 Å². The Kier molecular flexibility index (Phi) is 26.8. The number of hydrogen-bond donors (Lipinski definition) is 1. The average Bonchev–Trinajstić information content (AvgIpc) is 1.55. The minimum Gasteiger partial charge on any atom is -0.508 e. The molecule has 2 spiro atoms. The SMILES string of the molecule is CC1=C2c3ccc(C)c(C)c3CC23CCC(C3)C1=O.CC1=C2c3ccc(O)c(C)c3CC23CCC(C3)C1=O.Cc1ccc2c(c1C)CCC2=O.[CH2-]CC1(CCC(=O)CC)Cc2c(ccc(C)c2C)C1=O.[CH2-]CC12CCC(=O)C(C)=C1c1ccc(C)c(C)c1C2.[CH2-]CC1Cc2c(ccc(C)c2C)C1=O.[Y].[Y].[Y]. The van der Waals surface area contributed by atoms with Gasteiger partial charge in [0.2, 0.25) is 0 Å². The number of rotatable bonds is 7. The molecule has 4 bridgehead atoms. The van der Waals surface area contributed by atoms with Crippen LogP contribution in [0.5, 0.6) is 5.75 Å². The van der Waals surface area contributed by atoms with Crippen molar-refractivity contribution in [2.45, 2.75) is 239 Å². The normalized spacial score (nSPS) is 24.3. The van der Waals surface area contributed by atoms with Crippen LogP contribution in [0.25, 0.3) is 16.7 Å². The third-order valence-corrected chi connectivity index (χ3v) is 27.7. The van der Waals surface area contributed by atoms with Gasteiger partial charge in [-0.2, -0.15) is 19.3 Å². The first-order chi connectivity index (χ1) is 48.9. The Bertz CT molecular complexity index is 4540. The van der Waals surface area contributed by atoms with Crippen LogP contribution in [0.4, 0.5) is 0 Å². The van der Waals surface area contributed by atoms with E-state index in [-0.39, 0.29) is 138 Å². The van der Waals surface area contributed by atoms with Gasteiger partial charge in [0, 0.05) is 169 Å². The van der Waals surface area contributed by atoms with Gasteiger partial charge in [0.25, 0.3) is 0 Å². The zero-order chi connectivity index (χ0) is 74.4. The third-order valence-electron chi connectivity index (χ3n) is 27.7. The summed E-state index contributed by atoms with van der Waals surface area (Å²) in [5.74, 6) is 3.22. The Labute approximate surface area is 708 Å². The van der Waals surface area contributed by atoms with Gasteiger partial charge in [-0.3, -0.25) is 33.6 Å².